The highest BCUT2D eigenvalue weighted by molar-refractivity contribution is 14.1. The van der Waals surface area contributed by atoms with Crippen LogP contribution in [-0.2, 0) is 0 Å². The van der Waals surface area contributed by atoms with Gasteiger partial charge in [0.15, 0.2) is 12.1 Å². The van der Waals surface area contributed by atoms with Crippen molar-refractivity contribution >= 4 is 50.6 Å². The SMILES string of the molecule is N#Cc1ccc(I)c(C=O)c1C(=O)CBr. The minimum Gasteiger partial charge on any atom is -0.298 e. The van der Waals surface area contributed by atoms with Gasteiger partial charge in [-0.2, -0.15) is 5.26 Å². The molecule has 0 aromatic heterocycles. The molecule has 3 nitrogen and oxygen atoms in total. The normalized spacial score (nSPS) is 9.40. The zero-order chi connectivity index (χ0) is 11.4. The molecular formula is C10H5BrINO2. The number of aldehydes is 1. The van der Waals surface area contributed by atoms with Gasteiger partial charge in [-0.15, -0.1) is 0 Å². The van der Waals surface area contributed by atoms with Crippen LogP contribution in [0.4, 0.5) is 0 Å². The molecule has 0 saturated carbocycles. The molecule has 0 radical (unpaired) electrons. The molecule has 1 aromatic carbocycles. The van der Waals surface area contributed by atoms with Crippen LogP contribution in [0, 0.1) is 14.9 Å². The van der Waals surface area contributed by atoms with Crippen LogP contribution in [0.3, 0.4) is 0 Å². The average molecular weight is 378 g/mol. The fourth-order valence-electron chi connectivity index (χ4n) is 1.17. The minimum absolute atomic E-state index is 0.0998. The minimum atomic E-state index is -0.257. The molecule has 0 fully saturated rings. The first-order valence-electron chi connectivity index (χ1n) is 3.92. The summed E-state index contributed by atoms with van der Waals surface area (Å²) in [6.07, 6.45) is 0.610. The van der Waals surface area contributed by atoms with Crippen molar-refractivity contribution in [1.82, 2.24) is 0 Å². The molecule has 0 aliphatic rings. The van der Waals surface area contributed by atoms with Crippen LogP contribution in [0.2, 0.25) is 0 Å². The Morgan fingerprint density at radius 2 is 2.27 bits per heavy atom. The van der Waals surface area contributed by atoms with Crippen molar-refractivity contribution in [2.75, 3.05) is 5.33 Å². The summed E-state index contributed by atoms with van der Waals surface area (Å²) in [6.45, 7) is 0. The van der Waals surface area contributed by atoms with Crippen molar-refractivity contribution in [3.63, 3.8) is 0 Å². The van der Waals surface area contributed by atoms with E-state index >= 15 is 0 Å². The summed E-state index contributed by atoms with van der Waals surface area (Å²) in [5.74, 6) is -0.257. The van der Waals surface area contributed by atoms with E-state index < -0.39 is 0 Å². The van der Waals surface area contributed by atoms with E-state index in [1.807, 2.05) is 28.7 Å². The van der Waals surface area contributed by atoms with Gasteiger partial charge in [0.2, 0.25) is 0 Å². The number of hydrogen-bond donors (Lipinski definition) is 0. The van der Waals surface area contributed by atoms with Gasteiger partial charge in [0.1, 0.15) is 0 Å². The number of alkyl halides is 1. The first kappa shape index (κ1) is 12.3. The van der Waals surface area contributed by atoms with Crippen molar-refractivity contribution < 1.29 is 9.59 Å². The molecule has 0 saturated heterocycles. The average Bonchev–Trinajstić information content (AvgIpc) is 2.27. The van der Waals surface area contributed by atoms with E-state index in [9.17, 15) is 9.59 Å². The molecular weight excluding hydrogens is 373 g/mol. The van der Waals surface area contributed by atoms with E-state index in [1.165, 1.54) is 0 Å². The number of benzene rings is 1. The highest BCUT2D eigenvalue weighted by Gasteiger charge is 2.17. The van der Waals surface area contributed by atoms with Crippen LogP contribution < -0.4 is 0 Å². The fourth-order valence-corrected chi connectivity index (χ4v) is 2.03. The first-order valence-corrected chi connectivity index (χ1v) is 6.12. The third kappa shape index (κ3) is 2.44. The van der Waals surface area contributed by atoms with Crippen molar-refractivity contribution in [2.45, 2.75) is 0 Å². The predicted molar refractivity (Wildman–Crippen MR) is 67.4 cm³/mol. The molecule has 76 valence electrons. The van der Waals surface area contributed by atoms with Crippen LogP contribution in [0.5, 0.6) is 0 Å². The van der Waals surface area contributed by atoms with Gasteiger partial charge in [-0.1, -0.05) is 15.9 Å². The molecule has 0 unspecified atom stereocenters. The molecule has 0 amide bonds. The largest absolute Gasteiger partial charge is 0.298 e. The smallest absolute Gasteiger partial charge is 0.175 e. The second-order valence-corrected chi connectivity index (χ2v) is 4.39. The molecule has 0 bridgehead atoms. The number of ketones is 1. The van der Waals surface area contributed by atoms with Crippen LogP contribution in [0.15, 0.2) is 12.1 Å². The third-order valence-electron chi connectivity index (χ3n) is 1.83. The number of nitrogens with zero attached hydrogens (tertiary/aromatic N) is 1. The monoisotopic (exact) mass is 377 g/mol. The molecule has 1 rings (SSSR count). The van der Waals surface area contributed by atoms with Crippen LogP contribution in [0.25, 0.3) is 0 Å². The lowest BCUT2D eigenvalue weighted by atomic mass is 9.99. The van der Waals surface area contributed by atoms with Gasteiger partial charge >= 0.3 is 0 Å². The van der Waals surface area contributed by atoms with Crippen molar-refractivity contribution in [1.29, 1.82) is 5.26 Å². The summed E-state index contributed by atoms with van der Waals surface area (Å²) in [5, 5.41) is 8.94. The predicted octanol–water partition coefficient (Wildman–Crippen LogP) is 2.55. The van der Waals surface area contributed by atoms with Crippen LogP contribution in [0.1, 0.15) is 26.3 Å². The maximum Gasteiger partial charge on any atom is 0.175 e. The van der Waals surface area contributed by atoms with E-state index in [4.69, 9.17) is 5.26 Å². The highest BCUT2D eigenvalue weighted by Crippen LogP contribution is 2.20. The number of Topliss-reactive ketones (excluding diaryl/α,β-unsaturated/α-hetero) is 1. The summed E-state index contributed by atoms with van der Waals surface area (Å²) < 4.78 is 0.672. The number of carbonyl (C=O) groups is 2. The lowest BCUT2D eigenvalue weighted by Gasteiger charge is -2.05. The Hall–Kier alpha value is -0.740. The maximum atomic E-state index is 11.6. The Morgan fingerprint density at radius 1 is 1.60 bits per heavy atom. The second-order valence-electron chi connectivity index (χ2n) is 2.67. The van der Waals surface area contributed by atoms with Crippen LogP contribution in [-0.4, -0.2) is 17.4 Å². The summed E-state index contributed by atoms with van der Waals surface area (Å²) in [6, 6.07) is 5.10. The maximum absolute atomic E-state index is 11.6. The number of rotatable bonds is 3. The molecule has 0 atom stereocenters. The van der Waals surface area contributed by atoms with Gasteiger partial charge in [-0.3, -0.25) is 9.59 Å². The zero-order valence-electron chi connectivity index (χ0n) is 7.46. The summed E-state index contributed by atoms with van der Waals surface area (Å²) in [7, 11) is 0. The van der Waals surface area contributed by atoms with E-state index in [-0.39, 0.29) is 22.2 Å². The van der Waals surface area contributed by atoms with Crippen LogP contribution >= 0.6 is 38.5 Å². The Kier molecular flexibility index (Phi) is 4.42. The fraction of sp³-hybridized carbons (Fsp3) is 0.100. The molecule has 0 spiro atoms. The lowest BCUT2D eigenvalue weighted by molar-refractivity contribution is 0.101. The van der Waals surface area contributed by atoms with E-state index in [1.54, 1.807) is 12.1 Å². The Labute approximate surface area is 109 Å². The zero-order valence-corrected chi connectivity index (χ0v) is 11.2. The first-order chi connectivity index (χ1) is 7.15. The molecule has 1 aromatic rings. The third-order valence-corrected chi connectivity index (χ3v) is 3.28. The number of halogens is 2. The van der Waals surface area contributed by atoms with Gasteiger partial charge < -0.3 is 0 Å². The van der Waals surface area contributed by atoms with Gasteiger partial charge in [0, 0.05) is 14.7 Å². The summed E-state index contributed by atoms with van der Waals surface area (Å²) in [5.41, 5.74) is 0.734. The summed E-state index contributed by atoms with van der Waals surface area (Å²) >= 11 is 4.99. The number of nitriles is 1. The number of carbonyl (C=O) groups excluding carboxylic acids is 2. The molecule has 0 aliphatic heterocycles. The number of hydrogen-bond acceptors (Lipinski definition) is 3. The molecule has 0 heterocycles. The highest BCUT2D eigenvalue weighted by atomic mass is 127. The lowest BCUT2D eigenvalue weighted by Crippen LogP contribution is -2.09. The quantitative estimate of drug-likeness (QED) is 0.352. The van der Waals surface area contributed by atoms with Gasteiger partial charge in [-0.05, 0) is 34.7 Å². The van der Waals surface area contributed by atoms with Crippen molar-refractivity contribution in [2.24, 2.45) is 0 Å². The molecule has 15 heavy (non-hydrogen) atoms. The van der Waals surface area contributed by atoms with E-state index in [2.05, 4.69) is 15.9 Å². The Morgan fingerprint density at radius 3 is 2.73 bits per heavy atom. The molecule has 0 N–H and O–H groups in total. The Balaban J connectivity index is 3.56. The van der Waals surface area contributed by atoms with Gasteiger partial charge in [-0.25, -0.2) is 0 Å². The topological polar surface area (TPSA) is 57.9 Å². The standard InChI is InChI=1S/C10H5BrINO2/c11-3-9(15)10-6(4-13)1-2-8(12)7(10)5-14/h1-2,5H,3H2. The van der Waals surface area contributed by atoms with Crippen molar-refractivity contribution in [3.05, 3.63) is 32.4 Å². The van der Waals surface area contributed by atoms with E-state index in [0.717, 1.165) is 0 Å². The summed E-state index contributed by atoms with van der Waals surface area (Å²) in [4.78, 5) is 22.4. The second kappa shape index (κ2) is 5.37. The van der Waals surface area contributed by atoms with Crippen molar-refractivity contribution in [3.8, 4) is 6.07 Å². The molecule has 0 aliphatic carbocycles. The van der Waals surface area contributed by atoms with Gasteiger partial charge in [0.25, 0.3) is 0 Å². The molecule has 5 heteroatoms. The van der Waals surface area contributed by atoms with E-state index in [0.29, 0.717) is 15.4 Å². The van der Waals surface area contributed by atoms with Gasteiger partial charge in [0.05, 0.1) is 17.0 Å². The Bertz CT molecular complexity index is 465.